The average Bonchev–Trinajstić information content (AvgIpc) is 2.78. The van der Waals surface area contributed by atoms with Crippen molar-refractivity contribution >= 4 is 22.5 Å². The summed E-state index contributed by atoms with van der Waals surface area (Å²) in [4.78, 5) is 2.96. The molecule has 0 spiro atoms. The van der Waals surface area contributed by atoms with Gasteiger partial charge in [0.1, 0.15) is 5.75 Å². The molecule has 2 rings (SSSR count). The van der Waals surface area contributed by atoms with Crippen LogP contribution in [-0.4, -0.2) is 17.2 Å². The molecule has 126 valence electrons. The second-order valence-electron chi connectivity index (χ2n) is 4.36. The van der Waals surface area contributed by atoms with Gasteiger partial charge in [0.2, 0.25) is 0 Å². The van der Waals surface area contributed by atoms with E-state index in [1.165, 1.54) is 24.5 Å². The number of allylic oxidation sites excluding steroid dienone is 2. The standard InChI is InChI=1S/C13H12F3NO2.C3H5Cl/c1-3-6-18-12-8(2)17-11-7-9(4-5-10(11)12)19-13(14,15)16;1-2-3-4/h3-7,17H,1-2H3;2H,1,3H2/b6-3+;. The molecule has 1 heterocycles. The highest BCUT2D eigenvalue weighted by Crippen LogP contribution is 2.33. The molecule has 0 aliphatic carbocycles. The summed E-state index contributed by atoms with van der Waals surface area (Å²) in [6, 6.07) is 4.07. The van der Waals surface area contributed by atoms with Crippen LogP contribution in [0.1, 0.15) is 12.6 Å². The van der Waals surface area contributed by atoms with Gasteiger partial charge in [-0.25, -0.2) is 0 Å². The molecule has 0 atom stereocenters. The van der Waals surface area contributed by atoms with Gasteiger partial charge in [-0.15, -0.1) is 31.4 Å². The summed E-state index contributed by atoms with van der Waals surface area (Å²) < 4.78 is 45.6. The van der Waals surface area contributed by atoms with Crippen molar-refractivity contribution in [3.05, 3.63) is 48.9 Å². The van der Waals surface area contributed by atoms with Gasteiger partial charge in [-0.1, -0.05) is 12.2 Å². The first kappa shape index (κ1) is 19.0. The average molecular weight is 348 g/mol. The fourth-order valence-corrected chi connectivity index (χ4v) is 1.77. The van der Waals surface area contributed by atoms with Crippen LogP contribution in [0.5, 0.6) is 11.5 Å². The molecule has 3 nitrogen and oxygen atoms in total. The molecule has 0 radical (unpaired) electrons. The van der Waals surface area contributed by atoms with Gasteiger partial charge in [-0.2, -0.15) is 0 Å². The Morgan fingerprint density at radius 2 is 2.00 bits per heavy atom. The zero-order valence-electron chi connectivity index (χ0n) is 12.7. The van der Waals surface area contributed by atoms with Crippen LogP contribution in [0.15, 0.2) is 43.2 Å². The van der Waals surface area contributed by atoms with Crippen LogP contribution in [0, 0.1) is 6.92 Å². The number of hydrogen-bond acceptors (Lipinski definition) is 2. The number of benzene rings is 1. The molecule has 0 aliphatic rings. The van der Waals surface area contributed by atoms with Crippen molar-refractivity contribution in [3.63, 3.8) is 0 Å². The molecule has 0 amide bonds. The molecule has 2 aromatic rings. The van der Waals surface area contributed by atoms with Crippen molar-refractivity contribution in [2.75, 3.05) is 5.88 Å². The van der Waals surface area contributed by atoms with Gasteiger partial charge >= 0.3 is 6.36 Å². The number of H-pyrrole nitrogens is 1. The van der Waals surface area contributed by atoms with Gasteiger partial charge in [0.25, 0.3) is 0 Å². The summed E-state index contributed by atoms with van der Waals surface area (Å²) in [5, 5.41) is 0.699. The van der Waals surface area contributed by atoms with Crippen molar-refractivity contribution in [2.24, 2.45) is 0 Å². The molecule has 0 saturated heterocycles. The lowest BCUT2D eigenvalue weighted by atomic mass is 10.2. The lowest BCUT2D eigenvalue weighted by Gasteiger charge is -2.08. The lowest BCUT2D eigenvalue weighted by Crippen LogP contribution is -2.16. The second-order valence-corrected chi connectivity index (χ2v) is 4.67. The van der Waals surface area contributed by atoms with Crippen LogP contribution in [-0.2, 0) is 0 Å². The maximum atomic E-state index is 12.1. The van der Waals surface area contributed by atoms with Gasteiger partial charge in [-0.05, 0) is 26.0 Å². The third-order valence-electron chi connectivity index (χ3n) is 2.56. The Morgan fingerprint density at radius 3 is 2.52 bits per heavy atom. The van der Waals surface area contributed by atoms with Gasteiger partial charge in [0, 0.05) is 17.3 Å². The normalized spacial score (nSPS) is 11.2. The number of hydrogen-bond donors (Lipinski definition) is 1. The maximum absolute atomic E-state index is 12.1. The van der Waals surface area contributed by atoms with E-state index in [9.17, 15) is 13.2 Å². The SMILES string of the molecule is C/C=C/Oc1c(C)[nH]c2cc(OC(F)(F)F)ccc12.C=CCCl. The number of aromatic amines is 1. The van der Waals surface area contributed by atoms with Crippen molar-refractivity contribution < 1.29 is 22.6 Å². The number of halogens is 4. The van der Waals surface area contributed by atoms with E-state index < -0.39 is 6.36 Å². The largest absolute Gasteiger partial charge is 0.573 e. The molecule has 0 aliphatic heterocycles. The molecule has 0 unspecified atom stereocenters. The van der Waals surface area contributed by atoms with Crippen molar-refractivity contribution in [1.29, 1.82) is 0 Å². The molecule has 1 aromatic carbocycles. The first-order valence-electron chi connectivity index (χ1n) is 6.65. The van der Waals surface area contributed by atoms with Crippen molar-refractivity contribution in [1.82, 2.24) is 4.98 Å². The minimum Gasteiger partial charge on any atom is -0.463 e. The lowest BCUT2D eigenvalue weighted by molar-refractivity contribution is -0.274. The van der Waals surface area contributed by atoms with Gasteiger partial charge in [0.15, 0.2) is 5.75 Å². The van der Waals surface area contributed by atoms with Crippen molar-refractivity contribution in [3.8, 4) is 11.5 Å². The minimum atomic E-state index is -4.69. The number of alkyl halides is 4. The first-order valence-corrected chi connectivity index (χ1v) is 7.18. The van der Waals surface area contributed by atoms with Crippen LogP contribution in [0.25, 0.3) is 10.9 Å². The van der Waals surface area contributed by atoms with Gasteiger partial charge in [-0.3, -0.25) is 0 Å². The van der Waals surface area contributed by atoms with Crippen molar-refractivity contribution in [2.45, 2.75) is 20.2 Å². The topological polar surface area (TPSA) is 34.2 Å². The fourth-order valence-electron chi connectivity index (χ4n) is 1.77. The molecule has 0 bridgehead atoms. The van der Waals surface area contributed by atoms with E-state index in [0.29, 0.717) is 22.5 Å². The van der Waals surface area contributed by atoms with Gasteiger partial charge in [0.05, 0.1) is 17.5 Å². The highest BCUT2D eigenvalue weighted by atomic mass is 35.5. The molecule has 7 heteroatoms. The minimum absolute atomic E-state index is 0.265. The number of rotatable bonds is 4. The molecule has 1 aromatic heterocycles. The van der Waals surface area contributed by atoms with E-state index >= 15 is 0 Å². The Balaban J connectivity index is 0.000000593. The number of nitrogens with one attached hydrogen (secondary N) is 1. The molecule has 23 heavy (non-hydrogen) atoms. The Labute approximate surface area is 137 Å². The number of aryl methyl sites for hydroxylation is 1. The molecular weight excluding hydrogens is 331 g/mol. The number of fused-ring (bicyclic) bond motifs is 1. The Morgan fingerprint density at radius 1 is 1.35 bits per heavy atom. The second kappa shape index (κ2) is 8.53. The summed E-state index contributed by atoms with van der Waals surface area (Å²) in [5.74, 6) is 0.880. The quantitative estimate of drug-likeness (QED) is 0.437. The van der Waals surface area contributed by atoms with Gasteiger partial charge < -0.3 is 14.5 Å². The van der Waals surface area contributed by atoms with Crippen LogP contribution in [0.3, 0.4) is 0 Å². The molecular formula is C16H17ClF3NO2. The smallest absolute Gasteiger partial charge is 0.463 e. The first-order chi connectivity index (χ1) is 10.8. The summed E-state index contributed by atoms with van der Waals surface area (Å²) in [6.07, 6.45) is 0.177. The van der Waals surface area contributed by atoms with E-state index in [2.05, 4.69) is 16.3 Å². The monoisotopic (exact) mass is 347 g/mol. The zero-order chi connectivity index (χ0) is 17.5. The third kappa shape index (κ3) is 5.90. The Kier molecular flexibility index (Phi) is 7.03. The summed E-state index contributed by atoms with van der Waals surface area (Å²) >= 11 is 5.07. The third-order valence-corrected chi connectivity index (χ3v) is 2.78. The number of ether oxygens (including phenoxy) is 2. The summed E-state index contributed by atoms with van der Waals surface area (Å²) in [6.45, 7) is 6.93. The number of aromatic nitrogens is 1. The van der Waals surface area contributed by atoms with E-state index in [-0.39, 0.29) is 5.75 Å². The summed E-state index contributed by atoms with van der Waals surface area (Å²) in [5.41, 5.74) is 1.26. The fraction of sp³-hybridized carbons (Fsp3) is 0.250. The molecule has 1 N–H and O–H groups in total. The highest BCUT2D eigenvalue weighted by molar-refractivity contribution is 6.18. The van der Waals surface area contributed by atoms with E-state index in [0.717, 1.165) is 5.69 Å². The Hall–Kier alpha value is -2.08. The predicted octanol–water partition coefficient (Wildman–Crippen LogP) is 5.70. The predicted molar refractivity (Wildman–Crippen MR) is 86.1 cm³/mol. The zero-order valence-corrected chi connectivity index (χ0v) is 13.5. The molecule has 0 saturated carbocycles. The van der Waals surface area contributed by atoms with Crippen LogP contribution < -0.4 is 9.47 Å². The van der Waals surface area contributed by atoms with E-state index in [1.807, 2.05) is 0 Å². The van der Waals surface area contributed by atoms with E-state index in [1.54, 1.807) is 26.0 Å². The van der Waals surface area contributed by atoms with Crippen LogP contribution in [0.4, 0.5) is 13.2 Å². The Bertz CT molecular complexity index is 678. The van der Waals surface area contributed by atoms with Crippen LogP contribution in [0.2, 0.25) is 0 Å². The highest BCUT2D eigenvalue weighted by Gasteiger charge is 2.31. The summed E-state index contributed by atoms with van der Waals surface area (Å²) in [7, 11) is 0. The van der Waals surface area contributed by atoms with Crippen LogP contribution >= 0.6 is 11.6 Å². The van der Waals surface area contributed by atoms with E-state index in [4.69, 9.17) is 16.3 Å². The molecule has 0 fully saturated rings. The maximum Gasteiger partial charge on any atom is 0.573 e.